The summed E-state index contributed by atoms with van der Waals surface area (Å²) in [6.45, 7) is 10.2. The molecule has 2 unspecified atom stereocenters. The van der Waals surface area contributed by atoms with Crippen molar-refractivity contribution in [1.82, 2.24) is 5.32 Å². The van der Waals surface area contributed by atoms with E-state index in [-0.39, 0.29) is 0 Å². The SMILES string of the molecule is CCCC(C)CCC(CNC(C)C)c1ccccc1. The Kier molecular flexibility index (Phi) is 7.81. The molecule has 0 saturated carbocycles. The molecule has 2 atom stereocenters. The molecule has 1 N–H and O–H groups in total. The van der Waals surface area contributed by atoms with Crippen molar-refractivity contribution in [2.24, 2.45) is 5.92 Å². The van der Waals surface area contributed by atoms with E-state index < -0.39 is 0 Å². The summed E-state index contributed by atoms with van der Waals surface area (Å²) < 4.78 is 0. The van der Waals surface area contributed by atoms with Crippen LogP contribution in [0.5, 0.6) is 0 Å². The highest BCUT2D eigenvalue weighted by molar-refractivity contribution is 5.19. The second-order valence-corrected chi connectivity index (χ2v) is 6.14. The third kappa shape index (κ3) is 6.77. The van der Waals surface area contributed by atoms with Crippen LogP contribution in [-0.4, -0.2) is 12.6 Å². The smallest absolute Gasteiger partial charge is 0.00225 e. The molecule has 0 aliphatic carbocycles. The molecule has 1 heteroatoms. The molecule has 1 aromatic carbocycles. The predicted molar refractivity (Wildman–Crippen MR) is 85.6 cm³/mol. The molecule has 0 radical (unpaired) electrons. The molecule has 0 saturated heterocycles. The fraction of sp³-hybridized carbons (Fsp3) is 0.667. The Morgan fingerprint density at radius 3 is 2.21 bits per heavy atom. The molecular weight excluding hydrogens is 230 g/mol. The van der Waals surface area contributed by atoms with E-state index in [1.165, 1.54) is 31.2 Å². The van der Waals surface area contributed by atoms with Crippen molar-refractivity contribution in [3.63, 3.8) is 0 Å². The van der Waals surface area contributed by atoms with Gasteiger partial charge in [-0.25, -0.2) is 0 Å². The van der Waals surface area contributed by atoms with Gasteiger partial charge in [0.2, 0.25) is 0 Å². The maximum absolute atomic E-state index is 3.60. The van der Waals surface area contributed by atoms with Gasteiger partial charge >= 0.3 is 0 Å². The quantitative estimate of drug-likeness (QED) is 0.660. The lowest BCUT2D eigenvalue weighted by Gasteiger charge is -2.21. The number of benzene rings is 1. The third-order valence-electron chi connectivity index (χ3n) is 3.83. The van der Waals surface area contributed by atoms with Crippen molar-refractivity contribution in [2.45, 2.75) is 65.3 Å². The van der Waals surface area contributed by atoms with E-state index >= 15 is 0 Å². The first-order valence-corrected chi connectivity index (χ1v) is 7.91. The summed E-state index contributed by atoms with van der Waals surface area (Å²) in [6, 6.07) is 11.5. The maximum Gasteiger partial charge on any atom is 0.00225 e. The van der Waals surface area contributed by atoms with E-state index in [0.717, 1.165) is 12.5 Å². The molecule has 0 aliphatic rings. The van der Waals surface area contributed by atoms with Gasteiger partial charge in [0.05, 0.1) is 0 Å². The first-order valence-electron chi connectivity index (χ1n) is 7.91. The van der Waals surface area contributed by atoms with Crippen LogP contribution in [0.25, 0.3) is 0 Å². The molecule has 0 bridgehead atoms. The van der Waals surface area contributed by atoms with Crippen molar-refractivity contribution in [3.8, 4) is 0 Å². The van der Waals surface area contributed by atoms with Gasteiger partial charge in [-0.3, -0.25) is 0 Å². The monoisotopic (exact) mass is 261 g/mol. The van der Waals surface area contributed by atoms with Gasteiger partial charge < -0.3 is 5.32 Å². The Morgan fingerprint density at radius 1 is 0.947 bits per heavy atom. The van der Waals surface area contributed by atoms with E-state index in [9.17, 15) is 0 Å². The van der Waals surface area contributed by atoms with Crippen molar-refractivity contribution >= 4 is 0 Å². The zero-order valence-corrected chi connectivity index (χ0v) is 13.2. The number of nitrogens with one attached hydrogen (secondary N) is 1. The van der Waals surface area contributed by atoms with Gasteiger partial charge in [-0.1, -0.05) is 77.3 Å². The molecule has 108 valence electrons. The van der Waals surface area contributed by atoms with Crippen LogP contribution in [0.15, 0.2) is 30.3 Å². The van der Waals surface area contributed by atoms with Gasteiger partial charge in [0.1, 0.15) is 0 Å². The first-order chi connectivity index (χ1) is 9.13. The zero-order chi connectivity index (χ0) is 14.1. The Labute approximate surface area is 119 Å². The van der Waals surface area contributed by atoms with E-state index in [4.69, 9.17) is 0 Å². The average molecular weight is 261 g/mol. The highest BCUT2D eigenvalue weighted by atomic mass is 14.9. The summed E-state index contributed by atoms with van der Waals surface area (Å²) in [6.07, 6.45) is 5.30. The normalized spacial score (nSPS) is 14.6. The van der Waals surface area contributed by atoms with Gasteiger partial charge in [0, 0.05) is 12.6 Å². The first kappa shape index (κ1) is 16.2. The highest BCUT2D eigenvalue weighted by Crippen LogP contribution is 2.24. The Morgan fingerprint density at radius 2 is 1.63 bits per heavy atom. The molecule has 0 spiro atoms. The minimum Gasteiger partial charge on any atom is -0.314 e. The van der Waals surface area contributed by atoms with E-state index in [0.29, 0.717) is 12.0 Å². The van der Waals surface area contributed by atoms with Crippen LogP contribution in [0.1, 0.15) is 64.9 Å². The molecule has 1 rings (SSSR count). The lowest BCUT2D eigenvalue weighted by Crippen LogP contribution is -2.28. The molecule has 0 aromatic heterocycles. The Balaban J connectivity index is 2.54. The minimum absolute atomic E-state index is 0.569. The van der Waals surface area contributed by atoms with Crippen LogP contribution in [0.4, 0.5) is 0 Å². The standard InChI is InChI=1S/C18H31N/c1-5-9-16(4)12-13-18(14-19-15(2)3)17-10-7-6-8-11-17/h6-8,10-11,15-16,18-19H,5,9,12-14H2,1-4H3. The Hall–Kier alpha value is -0.820. The number of hydrogen-bond donors (Lipinski definition) is 1. The van der Waals surface area contributed by atoms with Gasteiger partial charge in [-0.05, 0) is 23.8 Å². The van der Waals surface area contributed by atoms with Crippen LogP contribution < -0.4 is 5.32 Å². The topological polar surface area (TPSA) is 12.0 Å². The van der Waals surface area contributed by atoms with Gasteiger partial charge in [0.25, 0.3) is 0 Å². The van der Waals surface area contributed by atoms with E-state index in [1.54, 1.807) is 0 Å². The van der Waals surface area contributed by atoms with E-state index in [2.05, 4.69) is 63.3 Å². The molecule has 0 aliphatic heterocycles. The zero-order valence-electron chi connectivity index (χ0n) is 13.2. The van der Waals surface area contributed by atoms with Crippen molar-refractivity contribution < 1.29 is 0 Å². The summed E-state index contributed by atoms with van der Waals surface area (Å²) in [5.74, 6) is 1.51. The van der Waals surface area contributed by atoms with Gasteiger partial charge in [-0.15, -0.1) is 0 Å². The lowest BCUT2D eigenvalue weighted by molar-refractivity contribution is 0.422. The summed E-state index contributed by atoms with van der Waals surface area (Å²) in [5.41, 5.74) is 1.49. The van der Waals surface area contributed by atoms with Gasteiger partial charge in [0.15, 0.2) is 0 Å². The molecule has 1 nitrogen and oxygen atoms in total. The predicted octanol–water partition coefficient (Wildman–Crippen LogP) is 4.98. The second kappa shape index (κ2) is 9.14. The molecular formula is C18H31N. The highest BCUT2D eigenvalue weighted by Gasteiger charge is 2.13. The number of hydrogen-bond acceptors (Lipinski definition) is 1. The molecule has 0 amide bonds. The lowest BCUT2D eigenvalue weighted by atomic mass is 9.89. The molecule has 0 heterocycles. The molecule has 19 heavy (non-hydrogen) atoms. The second-order valence-electron chi connectivity index (χ2n) is 6.14. The summed E-state index contributed by atoms with van der Waals surface area (Å²) in [4.78, 5) is 0. The number of rotatable bonds is 9. The fourth-order valence-electron chi connectivity index (χ4n) is 2.61. The summed E-state index contributed by atoms with van der Waals surface area (Å²) in [7, 11) is 0. The Bertz CT molecular complexity index is 318. The maximum atomic E-state index is 3.60. The molecule has 0 fully saturated rings. The van der Waals surface area contributed by atoms with Crippen LogP contribution in [-0.2, 0) is 0 Å². The average Bonchev–Trinajstić information content (AvgIpc) is 2.40. The van der Waals surface area contributed by atoms with Crippen molar-refractivity contribution in [1.29, 1.82) is 0 Å². The van der Waals surface area contributed by atoms with Crippen molar-refractivity contribution in [3.05, 3.63) is 35.9 Å². The van der Waals surface area contributed by atoms with Crippen molar-refractivity contribution in [2.75, 3.05) is 6.54 Å². The van der Waals surface area contributed by atoms with E-state index in [1.807, 2.05) is 0 Å². The van der Waals surface area contributed by atoms with Crippen LogP contribution in [0.3, 0.4) is 0 Å². The third-order valence-corrected chi connectivity index (χ3v) is 3.83. The molecule has 1 aromatic rings. The largest absolute Gasteiger partial charge is 0.314 e. The minimum atomic E-state index is 0.569. The summed E-state index contributed by atoms with van der Waals surface area (Å²) >= 11 is 0. The fourth-order valence-corrected chi connectivity index (χ4v) is 2.61. The van der Waals surface area contributed by atoms with Gasteiger partial charge in [-0.2, -0.15) is 0 Å². The van der Waals surface area contributed by atoms with Crippen LogP contribution >= 0.6 is 0 Å². The van der Waals surface area contributed by atoms with Crippen LogP contribution in [0, 0.1) is 5.92 Å². The van der Waals surface area contributed by atoms with Crippen LogP contribution in [0.2, 0.25) is 0 Å². The summed E-state index contributed by atoms with van der Waals surface area (Å²) in [5, 5.41) is 3.60.